The zero-order valence-corrected chi connectivity index (χ0v) is 12.9. The Bertz CT molecular complexity index is 479. The number of nitrogens with zero attached hydrogens (tertiary/aromatic N) is 2. The van der Waals surface area contributed by atoms with Gasteiger partial charge in [0.15, 0.2) is 0 Å². The van der Waals surface area contributed by atoms with Crippen LogP contribution in [0, 0.1) is 0 Å². The fourth-order valence-electron chi connectivity index (χ4n) is 2.02. The molecule has 1 amide bonds. The zero-order chi connectivity index (χ0) is 15.3. The second-order valence-corrected chi connectivity index (χ2v) is 5.98. The Kier molecular flexibility index (Phi) is 5.01. The van der Waals surface area contributed by atoms with Gasteiger partial charge in [-0.05, 0) is 38.5 Å². The average molecular weight is 293 g/mol. The molecule has 0 bridgehead atoms. The van der Waals surface area contributed by atoms with Crippen molar-refractivity contribution in [2.75, 3.05) is 31.2 Å². The van der Waals surface area contributed by atoms with Crippen LogP contribution in [-0.2, 0) is 16.0 Å². The third-order valence-electron chi connectivity index (χ3n) is 2.98. The number of rotatable bonds is 3. The number of aromatic nitrogens is 1. The number of nitrogens with one attached hydrogen (secondary N) is 1. The summed E-state index contributed by atoms with van der Waals surface area (Å²) in [6.07, 6.45) is 1.35. The van der Waals surface area contributed by atoms with E-state index in [9.17, 15) is 4.79 Å². The molecular weight excluding hydrogens is 270 g/mol. The monoisotopic (exact) mass is 293 g/mol. The predicted molar refractivity (Wildman–Crippen MR) is 80.3 cm³/mol. The van der Waals surface area contributed by atoms with E-state index >= 15 is 0 Å². The fraction of sp³-hybridized carbons (Fsp3) is 0.600. The first-order valence-corrected chi connectivity index (χ1v) is 7.18. The van der Waals surface area contributed by atoms with Crippen molar-refractivity contribution in [1.29, 1.82) is 0 Å². The van der Waals surface area contributed by atoms with Gasteiger partial charge in [-0.2, -0.15) is 0 Å². The summed E-state index contributed by atoms with van der Waals surface area (Å²) in [5, 5.41) is 2.75. The summed E-state index contributed by atoms with van der Waals surface area (Å²) in [6, 6.07) is 3.88. The third-order valence-corrected chi connectivity index (χ3v) is 2.98. The molecular formula is C15H23N3O3. The summed E-state index contributed by atoms with van der Waals surface area (Å²) < 4.78 is 10.5. The Morgan fingerprint density at radius 3 is 2.81 bits per heavy atom. The lowest BCUT2D eigenvalue weighted by Gasteiger charge is -2.28. The van der Waals surface area contributed by atoms with Crippen molar-refractivity contribution in [3.63, 3.8) is 0 Å². The first-order chi connectivity index (χ1) is 9.94. The summed E-state index contributed by atoms with van der Waals surface area (Å²) in [5.74, 6) is 0.918. The van der Waals surface area contributed by atoms with Crippen LogP contribution in [-0.4, -0.2) is 43.0 Å². The lowest BCUT2D eigenvalue weighted by Crippen LogP contribution is -2.37. The summed E-state index contributed by atoms with van der Waals surface area (Å²) >= 11 is 0. The van der Waals surface area contributed by atoms with E-state index in [-0.39, 0.29) is 0 Å². The molecule has 1 N–H and O–H groups in total. The van der Waals surface area contributed by atoms with Gasteiger partial charge in [-0.25, -0.2) is 9.78 Å². The van der Waals surface area contributed by atoms with Gasteiger partial charge in [0.25, 0.3) is 0 Å². The highest BCUT2D eigenvalue weighted by Gasteiger charge is 2.16. The minimum atomic E-state index is -0.485. The molecule has 1 aromatic rings. The van der Waals surface area contributed by atoms with Crippen molar-refractivity contribution in [3.05, 3.63) is 23.9 Å². The molecule has 0 radical (unpaired) electrons. The number of hydrogen-bond acceptors (Lipinski definition) is 5. The van der Waals surface area contributed by atoms with Crippen molar-refractivity contribution in [3.8, 4) is 0 Å². The van der Waals surface area contributed by atoms with E-state index in [1.54, 1.807) is 6.20 Å². The minimum Gasteiger partial charge on any atom is -0.444 e. The standard InChI is InChI=1S/C15H23N3O3/c1-15(2,3)21-14(19)17-11-12-4-5-16-13(10-12)18-6-8-20-9-7-18/h4-5,10H,6-9,11H2,1-3H3,(H,17,19). The van der Waals surface area contributed by atoms with Gasteiger partial charge >= 0.3 is 6.09 Å². The van der Waals surface area contributed by atoms with E-state index in [0.717, 1.165) is 37.7 Å². The van der Waals surface area contributed by atoms with Crippen LogP contribution >= 0.6 is 0 Å². The smallest absolute Gasteiger partial charge is 0.407 e. The molecule has 1 fully saturated rings. The van der Waals surface area contributed by atoms with Crippen LogP contribution in [0.3, 0.4) is 0 Å². The maximum absolute atomic E-state index is 11.6. The van der Waals surface area contributed by atoms with E-state index in [1.165, 1.54) is 0 Å². The van der Waals surface area contributed by atoms with E-state index in [4.69, 9.17) is 9.47 Å². The molecule has 21 heavy (non-hydrogen) atoms. The highest BCUT2D eigenvalue weighted by atomic mass is 16.6. The van der Waals surface area contributed by atoms with Gasteiger partial charge in [0.05, 0.1) is 13.2 Å². The molecule has 1 aliphatic heterocycles. The van der Waals surface area contributed by atoms with Crippen molar-refractivity contribution in [2.45, 2.75) is 32.9 Å². The van der Waals surface area contributed by atoms with Crippen LogP contribution in [0.25, 0.3) is 0 Å². The molecule has 6 heteroatoms. The predicted octanol–water partition coefficient (Wildman–Crippen LogP) is 1.94. The number of anilines is 1. The SMILES string of the molecule is CC(C)(C)OC(=O)NCc1ccnc(N2CCOCC2)c1. The van der Waals surface area contributed by atoms with Crippen LogP contribution in [0.4, 0.5) is 10.6 Å². The maximum Gasteiger partial charge on any atom is 0.407 e. The lowest BCUT2D eigenvalue weighted by molar-refractivity contribution is 0.0523. The largest absolute Gasteiger partial charge is 0.444 e. The topological polar surface area (TPSA) is 63.7 Å². The number of morpholine rings is 1. The van der Waals surface area contributed by atoms with Gasteiger partial charge in [0.1, 0.15) is 11.4 Å². The number of hydrogen-bond donors (Lipinski definition) is 1. The number of ether oxygens (including phenoxy) is 2. The van der Waals surface area contributed by atoms with Crippen molar-refractivity contribution in [2.24, 2.45) is 0 Å². The molecule has 0 atom stereocenters. The van der Waals surface area contributed by atoms with Gasteiger partial charge in [0.2, 0.25) is 0 Å². The van der Waals surface area contributed by atoms with Crippen molar-refractivity contribution < 1.29 is 14.3 Å². The highest BCUT2D eigenvalue weighted by Crippen LogP contribution is 2.14. The molecule has 1 aliphatic rings. The Morgan fingerprint density at radius 1 is 1.43 bits per heavy atom. The second-order valence-electron chi connectivity index (χ2n) is 5.98. The molecule has 6 nitrogen and oxygen atoms in total. The first-order valence-electron chi connectivity index (χ1n) is 7.18. The quantitative estimate of drug-likeness (QED) is 0.922. The number of carbonyl (C=O) groups is 1. The van der Waals surface area contributed by atoms with Gasteiger partial charge in [-0.15, -0.1) is 0 Å². The summed E-state index contributed by atoms with van der Waals surface area (Å²) in [5.41, 5.74) is 0.513. The van der Waals surface area contributed by atoms with E-state index in [0.29, 0.717) is 6.54 Å². The van der Waals surface area contributed by atoms with E-state index in [1.807, 2.05) is 32.9 Å². The van der Waals surface area contributed by atoms with Gasteiger partial charge in [-0.1, -0.05) is 0 Å². The number of pyridine rings is 1. The summed E-state index contributed by atoms with van der Waals surface area (Å²) in [7, 11) is 0. The van der Waals surface area contributed by atoms with Gasteiger partial charge in [0, 0.05) is 25.8 Å². The molecule has 0 aromatic carbocycles. The Labute approximate surface area is 125 Å². The third kappa shape index (κ3) is 5.23. The van der Waals surface area contributed by atoms with Crippen molar-refractivity contribution >= 4 is 11.9 Å². The molecule has 0 aliphatic carbocycles. The number of amides is 1. The van der Waals surface area contributed by atoms with E-state index in [2.05, 4.69) is 15.2 Å². The molecule has 2 rings (SSSR count). The van der Waals surface area contributed by atoms with Crippen LogP contribution in [0.2, 0.25) is 0 Å². The van der Waals surface area contributed by atoms with E-state index < -0.39 is 11.7 Å². The van der Waals surface area contributed by atoms with Crippen LogP contribution in [0.15, 0.2) is 18.3 Å². The Morgan fingerprint density at radius 2 is 2.14 bits per heavy atom. The normalized spacial score (nSPS) is 15.7. The van der Waals surface area contributed by atoms with Gasteiger partial charge in [-0.3, -0.25) is 0 Å². The average Bonchev–Trinajstić information content (AvgIpc) is 2.45. The highest BCUT2D eigenvalue weighted by molar-refractivity contribution is 5.67. The molecule has 0 spiro atoms. The molecule has 1 saturated heterocycles. The molecule has 1 aromatic heterocycles. The van der Waals surface area contributed by atoms with Gasteiger partial charge < -0.3 is 19.7 Å². The maximum atomic E-state index is 11.6. The van der Waals surface area contributed by atoms with Crippen LogP contribution in [0.5, 0.6) is 0 Å². The Balaban J connectivity index is 1.90. The Hall–Kier alpha value is -1.82. The minimum absolute atomic E-state index is 0.410. The zero-order valence-electron chi connectivity index (χ0n) is 12.9. The molecule has 0 saturated carbocycles. The molecule has 116 valence electrons. The number of carbonyl (C=O) groups excluding carboxylic acids is 1. The molecule has 0 unspecified atom stereocenters. The fourth-order valence-corrected chi connectivity index (χ4v) is 2.02. The van der Waals surface area contributed by atoms with Crippen molar-refractivity contribution in [1.82, 2.24) is 10.3 Å². The second kappa shape index (κ2) is 6.76. The first kappa shape index (κ1) is 15.6. The molecule has 2 heterocycles. The lowest BCUT2D eigenvalue weighted by atomic mass is 10.2. The van der Waals surface area contributed by atoms with Crippen LogP contribution < -0.4 is 10.2 Å². The summed E-state index contributed by atoms with van der Waals surface area (Å²) in [6.45, 7) is 9.09. The summed E-state index contributed by atoms with van der Waals surface area (Å²) in [4.78, 5) is 18.2. The van der Waals surface area contributed by atoms with Crippen LogP contribution in [0.1, 0.15) is 26.3 Å². The number of alkyl carbamates (subject to hydrolysis) is 1.